The van der Waals surface area contributed by atoms with E-state index >= 15 is 0 Å². The number of likely N-dealkylation sites (N-methyl/N-ethyl adjacent to an activating group) is 1. The molecular formula is C21H27N5O2. The lowest BCUT2D eigenvalue weighted by atomic mass is 10.1. The van der Waals surface area contributed by atoms with Crippen molar-refractivity contribution < 1.29 is 9.59 Å². The number of carbonyl (C=O) groups is 2. The van der Waals surface area contributed by atoms with Crippen LogP contribution in [-0.2, 0) is 0 Å². The molecule has 1 aliphatic heterocycles. The number of nitrogens with zero attached hydrogens (tertiary/aromatic N) is 4. The molecule has 3 rings (SSSR count). The molecule has 0 radical (unpaired) electrons. The average Bonchev–Trinajstić information content (AvgIpc) is 2.70. The number of pyridine rings is 1. The van der Waals surface area contributed by atoms with Crippen molar-refractivity contribution in [1.29, 1.82) is 0 Å². The van der Waals surface area contributed by atoms with Gasteiger partial charge in [-0.25, -0.2) is 4.98 Å². The van der Waals surface area contributed by atoms with Crippen molar-refractivity contribution in [3.8, 4) is 0 Å². The molecule has 7 heteroatoms. The van der Waals surface area contributed by atoms with Gasteiger partial charge < -0.3 is 15.1 Å². The normalized spacial score (nSPS) is 15.2. The molecule has 0 aliphatic carbocycles. The fraction of sp³-hybridized carbons (Fsp3) is 0.381. The monoisotopic (exact) mass is 381 g/mol. The molecule has 0 bridgehead atoms. The van der Waals surface area contributed by atoms with E-state index in [1.165, 1.54) is 0 Å². The highest BCUT2D eigenvalue weighted by atomic mass is 16.1. The van der Waals surface area contributed by atoms with Gasteiger partial charge in [-0.15, -0.1) is 0 Å². The van der Waals surface area contributed by atoms with Gasteiger partial charge in [-0.2, -0.15) is 0 Å². The molecule has 28 heavy (non-hydrogen) atoms. The molecule has 1 amide bonds. The number of aromatic nitrogens is 1. The van der Waals surface area contributed by atoms with Crippen molar-refractivity contribution in [2.24, 2.45) is 0 Å². The Hall–Kier alpha value is -2.77. The third-order valence-electron chi connectivity index (χ3n) is 4.88. The van der Waals surface area contributed by atoms with Crippen LogP contribution in [0.1, 0.15) is 20.7 Å². The van der Waals surface area contributed by atoms with Gasteiger partial charge in [0.1, 0.15) is 5.82 Å². The van der Waals surface area contributed by atoms with Gasteiger partial charge in [0.15, 0.2) is 5.78 Å². The molecule has 1 fully saturated rings. The van der Waals surface area contributed by atoms with E-state index in [1.54, 1.807) is 47.5 Å². The molecule has 2 heterocycles. The Morgan fingerprint density at radius 2 is 1.75 bits per heavy atom. The third kappa shape index (κ3) is 4.94. The van der Waals surface area contributed by atoms with E-state index in [2.05, 4.69) is 27.1 Å². The van der Waals surface area contributed by atoms with Gasteiger partial charge in [0.25, 0.3) is 5.91 Å². The lowest BCUT2D eigenvalue weighted by Crippen LogP contribution is -2.46. The smallest absolute Gasteiger partial charge is 0.259 e. The van der Waals surface area contributed by atoms with Gasteiger partial charge in [0.05, 0.1) is 12.1 Å². The van der Waals surface area contributed by atoms with E-state index in [4.69, 9.17) is 0 Å². The zero-order valence-electron chi connectivity index (χ0n) is 16.7. The minimum Gasteiger partial charge on any atom is -0.362 e. The number of amides is 1. The van der Waals surface area contributed by atoms with Crippen LogP contribution >= 0.6 is 0 Å². The number of benzene rings is 1. The third-order valence-corrected chi connectivity index (χ3v) is 4.88. The molecule has 0 saturated carbocycles. The first-order chi connectivity index (χ1) is 13.4. The zero-order chi connectivity index (χ0) is 20.1. The van der Waals surface area contributed by atoms with Crippen LogP contribution in [0.4, 0.5) is 11.5 Å². The maximum Gasteiger partial charge on any atom is 0.259 e. The van der Waals surface area contributed by atoms with E-state index in [0.29, 0.717) is 29.2 Å². The van der Waals surface area contributed by atoms with Crippen LogP contribution in [-0.4, -0.2) is 80.3 Å². The number of piperazine rings is 1. The van der Waals surface area contributed by atoms with E-state index in [-0.39, 0.29) is 11.7 Å². The molecule has 0 spiro atoms. The summed E-state index contributed by atoms with van der Waals surface area (Å²) in [5.74, 6) is 0.483. The number of nitrogens with one attached hydrogen (secondary N) is 1. The van der Waals surface area contributed by atoms with Gasteiger partial charge in [-0.1, -0.05) is 0 Å². The summed E-state index contributed by atoms with van der Waals surface area (Å²) < 4.78 is 0. The number of hydrogen-bond acceptors (Lipinski definition) is 6. The Bertz CT molecular complexity index is 827. The Balaban J connectivity index is 1.61. The predicted molar refractivity (Wildman–Crippen MR) is 111 cm³/mol. The molecule has 7 nitrogen and oxygen atoms in total. The number of anilines is 2. The number of Topliss-reactive ketones (excluding diaryl/α,β-unsaturated/α-hetero) is 1. The summed E-state index contributed by atoms with van der Waals surface area (Å²) in [5, 5.41) is 2.87. The first-order valence-corrected chi connectivity index (χ1v) is 9.42. The van der Waals surface area contributed by atoms with Crippen LogP contribution < -0.4 is 10.2 Å². The number of ketones is 1. The summed E-state index contributed by atoms with van der Waals surface area (Å²) in [6, 6.07) is 10.5. The lowest BCUT2D eigenvalue weighted by molar-refractivity contribution is 0.0876. The lowest BCUT2D eigenvalue weighted by Gasteiger charge is -2.31. The van der Waals surface area contributed by atoms with Gasteiger partial charge in [-0.05, 0) is 43.4 Å². The first kappa shape index (κ1) is 20.0. The standard InChI is InChI=1S/C21H27N5O2/c1-24(2)20-18(5-4-10-22-20)21(28)23-17-8-6-16(7-9-17)19(27)15-26-13-11-25(3)12-14-26/h4-10H,11-15H2,1-3H3,(H,23,28). The fourth-order valence-electron chi connectivity index (χ4n) is 3.17. The molecule has 2 aromatic rings. The van der Waals surface area contributed by atoms with Gasteiger partial charge in [0, 0.05) is 57.7 Å². The minimum absolute atomic E-state index is 0.101. The number of carbonyl (C=O) groups excluding carboxylic acids is 2. The van der Waals surface area contributed by atoms with Crippen molar-refractivity contribution in [3.05, 3.63) is 53.7 Å². The maximum atomic E-state index is 12.6. The highest BCUT2D eigenvalue weighted by Crippen LogP contribution is 2.17. The Morgan fingerprint density at radius 1 is 1.07 bits per heavy atom. The highest BCUT2D eigenvalue weighted by Gasteiger charge is 2.18. The van der Waals surface area contributed by atoms with E-state index in [0.717, 1.165) is 26.2 Å². The topological polar surface area (TPSA) is 68.8 Å². The van der Waals surface area contributed by atoms with Crippen molar-refractivity contribution in [2.75, 3.05) is 64.1 Å². The van der Waals surface area contributed by atoms with Gasteiger partial charge in [0.2, 0.25) is 0 Å². The molecule has 1 aromatic carbocycles. The second kappa shape index (κ2) is 8.95. The van der Waals surface area contributed by atoms with E-state index in [1.807, 2.05) is 14.1 Å². The van der Waals surface area contributed by atoms with E-state index < -0.39 is 0 Å². The second-order valence-corrected chi connectivity index (χ2v) is 7.30. The second-order valence-electron chi connectivity index (χ2n) is 7.30. The van der Waals surface area contributed by atoms with Crippen LogP contribution in [0.25, 0.3) is 0 Å². The van der Waals surface area contributed by atoms with Crippen molar-refractivity contribution in [2.45, 2.75) is 0 Å². The van der Waals surface area contributed by atoms with Crippen molar-refractivity contribution in [3.63, 3.8) is 0 Å². The minimum atomic E-state index is -0.228. The van der Waals surface area contributed by atoms with Crippen molar-refractivity contribution >= 4 is 23.2 Å². The molecule has 1 aromatic heterocycles. The van der Waals surface area contributed by atoms with Crippen LogP contribution in [0, 0.1) is 0 Å². The summed E-state index contributed by atoms with van der Waals surface area (Å²) in [4.78, 5) is 35.6. The summed E-state index contributed by atoms with van der Waals surface area (Å²) in [6.07, 6.45) is 1.66. The Kier molecular flexibility index (Phi) is 6.38. The molecule has 1 N–H and O–H groups in total. The van der Waals surface area contributed by atoms with E-state index in [9.17, 15) is 9.59 Å². The maximum absolute atomic E-state index is 12.6. The molecule has 148 valence electrons. The largest absolute Gasteiger partial charge is 0.362 e. The summed E-state index contributed by atoms with van der Waals surface area (Å²) in [6.45, 7) is 4.23. The zero-order valence-corrected chi connectivity index (χ0v) is 16.7. The quantitative estimate of drug-likeness (QED) is 0.770. The number of rotatable bonds is 6. The SMILES string of the molecule is CN1CCN(CC(=O)c2ccc(NC(=O)c3cccnc3N(C)C)cc2)CC1. The van der Waals surface area contributed by atoms with Crippen LogP contribution in [0.15, 0.2) is 42.6 Å². The van der Waals surface area contributed by atoms with Crippen LogP contribution in [0.2, 0.25) is 0 Å². The molecule has 0 unspecified atom stereocenters. The Labute approximate surface area is 166 Å². The molecule has 0 atom stereocenters. The average molecular weight is 381 g/mol. The summed E-state index contributed by atoms with van der Waals surface area (Å²) in [7, 11) is 5.79. The van der Waals surface area contributed by atoms with Gasteiger partial charge in [-0.3, -0.25) is 14.5 Å². The summed E-state index contributed by atoms with van der Waals surface area (Å²) >= 11 is 0. The molecule has 1 saturated heterocycles. The highest BCUT2D eigenvalue weighted by molar-refractivity contribution is 6.07. The fourth-order valence-corrected chi connectivity index (χ4v) is 3.17. The molecule has 1 aliphatic rings. The van der Waals surface area contributed by atoms with Crippen molar-refractivity contribution in [1.82, 2.24) is 14.8 Å². The van der Waals surface area contributed by atoms with Gasteiger partial charge >= 0.3 is 0 Å². The van der Waals surface area contributed by atoms with Crippen LogP contribution in [0.3, 0.4) is 0 Å². The van der Waals surface area contributed by atoms with Crippen LogP contribution in [0.5, 0.6) is 0 Å². The summed E-state index contributed by atoms with van der Waals surface area (Å²) in [5.41, 5.74) is 1.81. The Morgan fingerprint density at radius 3 is 2.39 bits per heavy atom. The number of hydrogen-bond donors (Lipinski definition) is 1. The molecular weight excluding hydrogens is 354 g/mol. The predicted octanol–water partition coefficient (Wildman–Crippen LogP) is 1.83. The first-order valence-electron chi connectivity index (χ1n) is 9.42.